The average molecular weight is 230 g/mol. The number of thiol groups is 1. The number of rotatable bonds is 2. The average Bonchev–Trinajstić information content (AvgIpc) is 2.28. The van der Waals surface area contributed by atoms with Crippen molar-refractivity contribution >= 4 is 35.4 Å². The van der Waals surface area contributed by atoms with Crippen LogP contribution in [0.4, 0.5) is 0 Å². The van der Waals surface area contributed by atoms with Crippen LogP contribution in [-0.2, 0) is 4.79 Å². The van der Waals surface area contributed by atoms with Gasteiger partial charge in [0.2, 0.25) is 0 Å². The van der Waals surface area contributed by atoms with Gasteiger partial charge in [0.05, 0.1) is 4.91 Å². The zero-order valence-electron chi connectivity index (χ0n) is 8.42. The lowest BCUT2D eigenvalue weighted by atomic mass is 10.1. The largest absolute Gasteiger partial charge is 0.477 e. The molecule has 2 aromatic rings. The Morgan fingerprint density at radius 2 is 1.81 bits per heavy atom. The first-order valence-electron chi connectivity index (χ1n) is 4.79. The Kier molecular flexibility index (Phi) is 2.97. The van der Waals surface area contributed by atoms with Crippen molar-refractivity contribution in [3.8, 4) is 0 Å². The third kappa shape index (κ3) is 2.25. The maximum atomic E-state index is 10.6. The first kappa shape index (κ1) is 10.8. The van der Waals surface area contributed by atoms with Gasteiger partial charge in [-0.2, -0.15) is 0 Å². The fourth-order valence-electron chi connectivity index (χ4n) is 1.52. The smallest absolute Gasteiger partial charge is 0.341 e. The van der Waals surface area contributed by atoms with Gasteiger partial charge < -0.3 is 5.11 Å². The second kappa shape index (κ2) is 4.41. The molecule has 0 radical (unpaired) electrons. The summed E-state index contributed by atoms with van der Waals surface area (Å²) in [4.78, 5) is 10.7. The molecule has 0 unspecified atom stereocenters. The second-order valence-corrected chi connectivity index (χ2v) is 3.92. The summed E-state index contributed by atoms with van der Waals surface area (Å²) in [6, 6.07) is 13.7. The predicted octanol–water partition coefficient (Wildman–Crippen LogP) is 3.20. The Labute approximate surface area is 98.6 Å². The highest BCUT2D eigenvalue weighted by Crippen LogP contribution is 2.18. The molecule has 0 aromatic heterocycles. The van der Waals surface area contributed by atoms with Gasteiger partial charge in [-0.05, 0) is 28.5 Å². The Hall–Kier alpha value is -1.74. The monoisotopic (exact) mass is 230 g/mol. The molecule has 0 saturated carbocycles. The second-order valence-electron chi connectivity index (χ2n) is 3.44. The van der Waals surface area contributed by atoms with Gasteiger partial charge in [-0.15, -0.1) is 12.6 Å². The zero-order valence-corrected chi connectivity index (χ0v) is 9.32. The molecular formula is C13H10O2S. The van der Waals surface area contributed by atoms with E-state index in [1.165, 1.54) is 6.08 Å². The molecule has 3 heteroatoms. The number of carboxylic acid groups (broad SMARTS) is 1. The highest BCUT2D eigenvalue weighted by Gasteiger charge is 2.01. The summed E-state index contributed by atoms with van der Waals surface area (Å²) in [6.45, 7) is 0. The SMILES string of the molecule is O=C(O)C(S)=Cc1ccc2ccccc2c1. The summed E-state index contributed by atoms with van der Waals surface area (Å²) in [5.74, 6) is -1.02. The maximum absolute atomic E-state index is 10.6. The first-order chi connectivity index (χ1) is 7.66. The first-order valence-corrected chi connectivity index (χ1v) is 5.24. The van der Waals surface area contributed by atoms with Crippen LogP contribution < -0.4 is 0 Å². The van der Waals surface area contributed by atoms with E-state index >= 15 is 0 Å². The Morgan fingerprint density at radius 1 is 1.12 bits per heavy atom. The number of fused-ring (bicyclic) bond motifs is 1. The minimum absolute atomic E-state index is 0.0373. The quantitative estimate of drug-likeness (QED) is 0.614. The van der Waals surface area contributed by atoms with Crippen LogP contribution in [0.25, 0.3) is 16.8 Å². The fourth-order valence-corrected chi connectivity index (χ4v) is 1.67. The summed E-state index contributed by atoms with van der Waals surface area (Å²) >= 11 is 3.89. The molecule has 0 aliphatic carbocycles. The molecule has 1 N–H and O–H groups in total. The van der Waals surface area contributed by atoms with Crippen molar-refractivity contribution < 1.29 is 9.90 Å². The molecule has 2 aromatic carbocycles. The maximum Gasteiger partial charge on any atom is 0.341 e. The van der Waals surface area contributed by atoms with Crippen LogP contribution in [0.2, 0.25) is 0 Å². The molecule has 2 rings (SSSR count). The lowest BCUT2D eigenvalue weighted by Crippen LogP contribution is -1.93. The van der Waals surface area contributed by atoms with Crippen LogP contribution in [0.5, 0.6) is 0 Å². The summed E-state index contributed by atoms with van der Waals surface area (Å²) in [5.41, 5.74) is 0.839. The van der Waals surface area contributed by atoms with Crippen LogP contribution in [0.3, 0.4) is 0 Å². The van der Waals surface area contributed by atoms with Gasteiger partial charge in [0.25, 0.3) is 0 Å². The zero-order chi connectivity index (χ0) is 11.5. The highest BCUT2D eigenvalue weighted by atomic mass is 32.1. The van der Waals surface area contributed by atoms with E-state index in [-0.39, 0.29) is 4.91 Å². The van der Waals surface area contributed by atoms with Crippen molar-refractivity contribution in [1.29, 1.82) is 0 Å². The van der Waals surface area contributed by atoms with Crippen molar-refractivity contribution in [2.75, 3.05) is 0 Å². The Balaban J connectivity index is 2.47. The van der Waals surface area contributed by atoms with Crippen LogP contribution in [0, 0.1) is 0 Å². The van der Waals surface area contributed by atoms with E-state index in [9.17, 15) is 4.79 Å². The summed E-state index contributed by atoms with van der Waals surface area (Å²) in [7, 11) is 0. The van der Waals surface area contributed by atoms with E-state index in [1.54, 1.807) is 0 Å². The number of benzene rings is 2. The minimum Gasteiger partial charge on any atom is -0.477 e. The lowest BCUT2D eigenvalue weighted by Gasteiger charge is -1.99. The highest BCUT2D eigenvalue weighted by molar-refractivity contribution is 7.85. The van der Waals surface area contributed by atoms with Gasteiger partial charge in [0.15, 0.2) is 0 Å². The molecule has 80 valence electrons. The third-order valence-electron chi connectivity index (χ3n) is 2.30. The van der Waals surface area contributed by atoms with E-state index in [0.29, 0.717) is 0 Å². The van der Waals surface area contributed by atoms with Crippen molar-refractivity contribution in [3.63, 3.8) is 0 Å². The molecular weight excluding hydrogens is 220 g/mol. The van der Waals surface area contributed by atoms with Crippen LogP contribution >= 0.6 is 12.6 Å². The van der Waals surface area contributed by atoms with E-state index in [2.05, 4.69) is 12.6 Å². The number of carboxylic acids is 1. The molecule has 0 heterocycles. The molecule has 0 amide bonds. The molecule has 0 saturated heterocycles. The summed E-state index contributed by atoms with van der Waals surface area (Å²) in [5, 5.41) is 10.9. The van der Waals surface area contributed by atoms with Crippen molar-refractivity contribution in [2.24, 2.45) is 0 Å². The van der Waals surface area contributed by atoms with Crippen LogP contribution in [0.15, 0.2) is 47.4 Å². The number of aliphatic carboxylic acids is 1. The molecule has 0 spiro atoms. The van der Waals surface area contributed by atoms with Crippen LogP contribution in [-0.4, -0.2) is 11.1 Å². The number of hydrogen-bond donors (Lipinski definition) is 2. The molecule has 0 aliphatic heterocycles. The predicted molar refractivity (Wildman–Crippen MR) is 68.5 cm³/mol. The van der Waals surface area contributed by atoms with Gasteiger partial charge in [-0.3, -0.25) is 0 Å². The van der Waals surface area contributed by atoms with E-state index in [0.717, 1.165) is 16.3 Å². The van der Waals surface area contributed by atoms with Gasteiger partial charge >= 0.3 is 5.97 Å². The van der Waals surface area contributed by atoms with Gasteiger partial charge in [-0.1, -0.05) is 36.4 Å². The van der Waals surface area contributed by atoms with Crippen molar-refractivity contribution in [2.45, 2.75) is 0 Å². The topological polar surface area (TPSA) is 37.3 Å². The number of carbonyl (C=O) groups is 1. The van der Waals surface area contributed by atoms with E-state index in [1.807, 2.05) is 42.5 Å². The molecule has 2 nitrogen and oxygen atoms in total. The lowest BCUT2D eigenvalue weighted by molar-refractivity contribution is -0.131. The normalized spacial score (nSPS) is 11.7. The summed E-state index contributed by atoms with van der Waals surface area (Å²) < 4.78 is 0. The molecule has 0 aliphatic rings. The molecule has 0 atom stereocenters. The van der Waals surface area contributed by atoms with Crippen molar-refractivity contribution in [3.05, 3.63) is 52.9 Å². The van der Waals surface area contributed by atoms with Gasteiger partial charge in [-0.25, -0.2) is 4.79 Å². The minimum atomic E-state index is -1.02. The van der Waals surface area contributed by atoms with Gasteiger partial charge in [0, 0.05) is 0 Å². The fraction of sp³-hybridized carbons (Fsp3) is 0. The van der Waals surface area contributed by atoms with E-state index in [4.69, 9.17) is 5.11 Å². The molecule has 0 fully saturated rings. The molecule has 0 bridgehead atoms. The molecule has 16 heavy (non-hydrogen) atoms. The summed E-state index contributed by atoms with van der Waals surface area (Å²) in [6.07, 6.45) is 1.54. The van der Waals surface area contributed by atoms with Gasteiger partial charge in [0.1, 0.15) is 0 Å². The standard InChI is InChI=1S/C13H10O2S/c14-13(15)12(16)8-9-5-6-10-3-1-2-4-11(10)7-9/h1-8,16H,(H,14,15). The van der Waals surface area contributed by atoms with Crippen LogP contribution in [0.1, 0.15) is 5.56 Å². The third-order valence-corrected chi connectivity index (χ3v) is 2.62. The van der Waals surface area contributed by atoms with E-state index < -0.39 is 5.97 Å². The van der Waals surface area contributed by atoms with Crippen molar-refractivity contribution in [1.82, 2.24) is 0 Å². The number of hydrogen-bond acceptors (Lipinski definition) is 2. The Bertz CT molecular complexity index is 573. The Morgan fingerprint density at radius 3 is 2.50 bits per heavy atom.